The van der Waals surface area contributed by atoms with Crippen molar-refractivity contribution in [3.8, 4) is 0 Å². The Morgan fingerprint density at radius 2 is 2.00 bits per heavy atom. The third-order valence-electron chi connectivity index (χ3n) is 2.14. The Labute approximate surface area is 111 Å². The number of hydrogen-bond acceptors (Lipinski definition) is 4. The maximum Gasteiger partial charge on any atom is 0.338 e. The van der Waals surface area contributed by atoms with E-state index in [1.165, 1.54) is 0 Å². The van der Waals surface area contributed by atoms with E-state index in [4.69, 9.17) is 10.2 Å². The van der Waals surface area contributed by atoms with Crippen LogP contribution in [0.4, 0.5) is 4.39 Å². The second kappa shape index (κ2) is 5.77. The lowest BCUT2D eigenvalue weighted by Gasteiger charge is -2.08. The molecule has 0 aliphatic heterocycles. The van der Waals surface area contributed by atoms with Crippen LogP contribution >= 0.6 is 15.9 Å². The van der Waals surface area contributed by atoms with Crippen LogP contribution in [0, 0.1) is 5.82 Å². The van der Waals surface area contributed by atoms with Gasteiger partial charge in [-0.3, -0.25) is 0 Å². The normalized spacial score (nSPS) is 11.5. The molecule has 0 spiro atoms. The van der Waals surface area contributed by atoms with Crippen molar-refractivity contribution in [3.63, 3.8) is 0 Å². The summed E-state index contributed by atoms with van der Waals surface area (Å²) < 4.78 is 37.5. The van der Waals surface area contributed by atoms with Gasteiger partial charge in [0.05, 0.1) is 11.3 Å². The highest BCUT2D eigenvalue weighted by atomic mass is 79.9. The Morgan fingerprint density at radius 1 is 1.39 bits per heavy atom. The number of carbonyl (C=O) groups is 1. The van der Waals surface area contributed by atoms with Crippen molar-refractivity contribution in [2.24, 2.45) is 0 Å². The molecular weight excluding hydrogens is 331 g/mol. The van der Waals surface area contributed by atoms with Crippen LogP contribution in [0.5, 0.6) is 0 Å². The minimum absolute atomic E-state index is 0.0449. The molecule has 0 aliphatic rings. The summed E-state index contributed by atoms with van der Waals surface area (Å²) in [6.07, 6.45) is -0.0449. The molecule has 0 radical (unpaired) electrons. The van der Waals surface area contributed by atoms with Crippen LogP contribution in [0.2, 0.25) is 0 Å². The molecular formula is C10H10BrFO5S. The van der Waals surface area contributed by atoms with E-state index in [1.807, 2.05) is 0 Å². The van der Waals surface area contributed by atoms with Crippen molar-refractivity contribution in [1.82, 2.24) is 0 Å². The van der Waals surface area contributed by atoms with E-state index in [-0.39, 0.29) is 17.5 Å². The van der Waals surface area contributed by atoms with Gasteiger partial charge in [-0.1, -0.05) is 15.9 Å². The average Bonchev–Trinajstić information content (AvgIpc) is 2.28. The Morgan fingerprint density at radius 3 is 2.50 bits per heavy atom. The zero-order valence-electron chi connectivity index (χ0n) is 9.06. The lowest BCUT2D eigenvalue weighted by molar-refractivity contribution is 0.0691. The third-order valence-corrected chi connectivity index (χ3v) is 4.39. The molecule has 1 aromatic rings. The van der Waals surface area contributed by atoms with Crippen molar-refractivity contribution in [2.75, 3.05) is 12.4 Å². The number of hydrogen-bond donors (Lipinski definition) is 2. The number of carboxylic acid groups (broad SMARTS) is 1. The molecule has 0 fully saturated rings. The van der Waals surface area contributed by atoms with Crippen molar-refractivity contribution < 1.29 is 27.8 Å². The predicted molar refractivity (Wildman–Crippen MR) is 64.8 cm³/mol. The molecule has 0 amide bonds. The molecule has 5 nitrogen and oxygen atoms in total. The first kappa shape index (κ1) is 15.1. The lowest BCUT2D eigenvalue weighted by atomic mass is 10.2. The van der Waals surface area contributed by atoms with E-state index in [2.05, 4.69) is 15.9 Å². The van der Waals surface area contributed by atoms with Crippen LogP contribution < -0.4 is 0 Å². The van der Waals surface area contributed by atoms with Gasteiger partial charge in [-0.2, -0.15) is 0 Å². The van der Waals surface area contributed by atoms with Gasteiger partial charge < -0.3 is 10.2 Å². The quantitative estimate of drug-likeness (QED) is 0.846. The van der Waals surface area contributed by atoms with Crippen LogP contribution in [-0.4, -0.2) is 37.0 Å². The van der Waals surface area contributed by atoms with Gasteiger partial charge in [0.15, 0.2) is 15.7 Å². The molecule has 0 unspecified atom stereocenters. The molecule has 0 aromatic heterocycles. The van der Waals surface area contributed by atoms with Crippen LogP contribution in [-0.2, 0) is 9.84 Å². The highest BCUT2D eigenvalue weighted by Gasteiger charge is 2.24. The van der Waals surface area contributed by atoms with Crippen LogP contribution in [0.3, 0.4) is 0 Å². The van der Waals surface area contributed by atoms with Crippen LogP contribution in [0.1, 0.15) is 16.8 Å². The number of benzene rings is 1. The zero-order chi connectivity index (χ0) is 13.9. The van der Waals surface area contributed by atoms with Gasteiger partial charge in [-0.25, -0.2) is 17.6 Å². The van der Waals surface area contributed by atoms with E-state index in [0.29, 0.717) is 0 Å². The van der Waals surface area contributed by atoms with E-state index >= 15 is 0 Å². The monoisotopic (exact) mass is 340 g/mol. The van der Waals surface area contributed by atoms with Gasteiger partial charge >= 0.3 is 5.97 Å². The Balaban J connectivity index is 3.37. The number of aromatic carboxylic acids is 1. The van der Waals surface area contributed by atoms with Crippen molar-refractivity contribution in [3.05, 3.63) is 28.0 Å². The number of aliphatic hydroxyl groups is 1. The van der Waals surface area contributed by atoms with Gasteiger partial charge in [-0.15, -0.1) is 0 Å². The second-order valence-corrected chi connectivity index (χ2v) is 6.46. The molecule has 18 heavy (non-hydrogen) atoms. The molecule has 1 rings (SSSR count). The fourth-order valence-corrected chi connectivity index (χ4v) is 3.34. The molecule has 8 heteroatoms. The molecule has 0 saturated heterocycles. The topological polar surface area (TPSA) is 91.7 Å². The van der Waals surface area contributed by atoms with E-state index in [1.54, 1.807) is 0 Å². The summed E-state index contributed by atoms with van der Waals surface area (Å²) in [5, 5.41) is 17.3. The highest BCUT2D eigenvalue weighted by molar-refractivity contribution is 9.10. The zero-order valence-corrected chi connectivity index (χ0v) is 11.5. The van der Waals surface area contributed by atoms with Gasteiger partial charge in [-0.05, 0) is 18.6 Å². The number of halogens is 2. The summed E-state index contributed by atoms with van der Waals surface area (Å²) in [5.41, 5.74) is -0.716. The number of carboxylic acids is 1. The molecule has 0 saturated carbocycles. The Kier molecular flexibility index (Phi) is 4.83. The molecule has 0 heterocycles. The summed E-state index contributed by atoms with van der Waals surface area (Å²) in [6.45, 7) is -0.347. The van der Waals surface area contributed by atoms with Gasteiger partial charge in [0.1, 0.15) is 4.90 Å². The molecule has 0 aliphatic carbocycles. The summed E-state index contributed by atoms with van der Waals surface area (Å²) in [6, 6.07) is 2.00. The van der Waals surface area contributed by atoms with E-state index in [9.17, 15) is 17.6 Å². The first-order valence-electron chi connectivity index (χ1n) is 4.85. The van der Waals surface area contributed by atoms with E-state index < -0.39 is 37.8 Å². The van der Waals surface area contributed by atoms with Gasteiger partial charge in [0.2, 0.25) is 0 Å². The molecule has 1 aromatic carbocycles. The minimum Gasteiger partial charge on any atom is -0.478 e. The smallest absolute Gasteiger partial charge is 0.338 e. The first-order valence-corrected chi connectivity index (χ1v) is 7.30. The van der Waals surface area contributed by atoms with Gasteiger partial charge in [0, 0.05) is 11.1 Å². The Bertz CT molecular complexity index is 570. The minimum atomic E-state index is -3.96. The third kappa shape index (κ3) is 3.27. The highest BCUT2D eigenvalue weighted by Crippen LogP contribution is 2.25. The fraction of sp³-hybridized carbons (Fsp3) is 0.300. The first-order chi connectivity index (χ1) is 8.29. The standard InChI is InChI=1S/C10H10BrFO5S/c11-6-4-7(10(14)15)9(12)8(5-6)18(16,17)3-1-2-13/h4-5,13H,1-3H2,(H,14,15). The fourth-order valence-electron chi connectivity index (χ4n) is 1.31. The molecule has 0 bridgehead atoms. The number of rotatable bonds is 5. The Hall–Kier alpha value is -0.990. The number of sulfone groups is 1. The van der Waals surface area contributed by atoms with Crippen molar-refractivity contribution >= 4 is 31.7 Å². The van der Waals surface area contributed by atoms with Gasteiger partial charge in [0.25, 0.3) is 0 Å². The van der Waals surface area contributed by atoms with Crippen LogP contribution in [0.25, 0.3) is 0 Å². The maximum atomic E-state index is 13.8. The molecule has 2 N–H and O–H groups in total. The SMILES string of the molecule is O=C(O)c1cc(Br)cc(S(=O)(=O)CCCO)c1F. The summed E-state index contributed by atoms with van der Waals surface area (Å²) in [5.74, 6) is -3.29. The van der Waals surface area contributed by atoms with Crippen molar-refractivity contribution in [2.45, 2.75) is 11.3 Å². The maximum absolute atomic E-state index is 13.8. The predicted octanol–water partition coefficient (Wildman–Crippen LogP) is 1.44. The largest absolute Gasteiger partial charge is 0.478 e. The number of aliphatic hydroxyl groups excluding tert-OH is 1. The summed E-state index contributed by atoms with van der Waals surface area (Å²) in [4.78, 5) is 10.1. The summed E-state index contributed by atoms with van der Waals surface area (Å²) in [7, 11) is -3.96. The van der Waals surface area contributed by atoms with Crippen LogP contribution in [0.15, 0.2) is 21.5 Å². The molecule has 100 valence electrons. The second-order valence-electron chi connectivity index (χ2n) is 3.47. The van der Waals surface area contributed by atoms with E-state index in [0.717, 1.165) is 12.1 Å². The summed E-state index contributed by atoms with van der Waals surface area (Å²) >= 11 is 2.93. The average molecular weight is 341 g/mol. The molecule has 0 atom stereocenters. The lowest BCUT2D eigenvalue weighted by Crippen LogP contribution is -2.13. The van der Waals surface area contributed by atoms with Crippen molar-refractivity contribution in [1.29, 1.82) is 0 Å².